The van der Waals surface area contributed by atoms with Crippen LogP contribution in [0.2, 0.25) is 0 Å². The Hall–Kier alpha value is -1.18. The Morgan fingerprint density at radius 2 is 1.65 bits per heavy atom. The van der Waals surface area contributed by atoms with Crippen LogP contribution in [0.4, 0.5) is 0 Å². The van der Waals surface area contributed by atoms with Crippen molar-refractivity contribution < 1.29 is 24.9 Å². The molecule has 0 aliphatic heterocycles. The van der Waals surface area contributed by atoms with Gasteiger partial charge in [-0.2, -0.15) is 0 Å². The fraction of sp³-hybridized carbons (Fsp3) is 0.846. The minimum atomic E-state index is -1.08. The van der Waals surface area contributed by atoms with E-state index in [1.54, 1.807) is 0 Å². The molecule has 0 saturated carbocycles. The first-order chi connectivity index (χ1) is 9.27. The summed E-state index contributed by atoms with van der Waals surface area (Å²) in [5, 5.41) is 30.6. The standard InChI is InChI=1S/C13H26N2O5/c1-4-5-14-11(13(19)20)6-12(18)15(7-9(2)16)8-10(3)17/h9-11,14,16-17H,4-8H2,1-3H3,(H,19,20). The van der Waals surface area contributed by atoms with Gasteiger partial charge in [0.15, 0.2) is 0 Å². The number of carbonyl (C=O) groups is 2. The number of carboxylic acids is 1. The van der Waals surface area contributed by atoms with E-state index in [0.29, 0.717) is 6.54 Å². The summed E-state index contributed by atoms with van der Waals surface area (Å²) in [7, 11) is 0. The fourth-order valence-corrected chi connectivity index (χ4v) is 1.79. The lowest BCUT2D eigenvalue weighted by Crippen LogP contribution is -2.46. The Bertz CT molecular complexity index is 297. The van der Waals surface area contributed by atoms with E-state index >= 15 is 0 Å². The summed E-state index contributed by atoms with van der Waals surface area (Å²) in [4.78, 5) is 24.5. The Morgan fingerprint density at radius 1 is 1.15 bits per heavy atom. The van der Waals surface area contributed by atoms with Crippen LogP contribution in [0.25, 0.3) is 0 Å². The van der Waals surface area contributed by atoms with Gasteiger partial charge < -0.3 is 25.5 Å². The summed E-state index contributed by atoms with van der Waals surface area (Å²) in [5.41, 5.74) is 0. The third-order valence-electron chi connectivity index (χ3n) is 2.64. The van der Waals surface area contributed by atoms with E-state index in [2.05, 4.69) is 5.32 Å². The van der Waals surface area contributed by atoms with Gasteiger partial charge in [-0.05, 0) is 26.8 Å². The van der Waals surface area contributed by atoms with E-state index in [9.17, 15) is 19.8 Å². The summed E-state index contributed by atoms with van der Waals surface area (Å²) in [6.07, 6.45) is -0.896. The molecule has 4 N–H and O–H groups in total. The van der Waals surface area contributed by atoms with Gasteiger partial charge in [0, 0.05) is 13.1 Å². The topological polar surface area (TPSA) is 110 Å². The molecule has 0 radical (unpaired) electrons. The molecule has 0 saturated heterocycles. The Labute approximate surface area is 119 Å². The van der Waals surface area contributed by atoms with Crippen molar-refractivity contribution in [1.82, 2.24) is 10.2 Å². The van der Waals surface area contributed by atoms with Gasteiger partial charge in [-0.15, -0.1) is 0 Å². The number of aliphatic hydroxyl groups is 2. The molecule has 7 nitrogen and oxygen atoms in total. The number of hydrogen-bond donors (Lipinski definition) is 4. The second-order valence-electron chi connectivity index (χ2n) is 5.05. The Kier molecular flexibility index (Phi) is 9.11. The van der Waals surface area contributed by atoms with Crippen LogP contribution in [0.5, 0.6) is 0 Å². The summed E-state index contributed by atoms with van der Waals surface area (Å²) in [5.74, 6) is -1.48. The van der Waals surface area contributed by atoms with Crippen molar-refractivity contribution in [2.45, 2.75) is 51.9 Å². The average molecular weight is 290 g/mol. The average Bonchev–Trinajstić information content (AvgIpc) is 2.31. The molecule has 0 heterocycles. The van der Waals surface area contributed by atoms with Crippen LogP contribution < -0.4 is 5.32 Å². The monoisotopic (exact) mass is 290 g/mol. The van der Waals surface area contributed by atoms with Crippen molar-refractivity contribution in [3.05, 3.63) is 0 Å². The molecular weight excluding hydrogens is 264 g/mol. The highest BCUT2D eigenvalue weighted by molar-refractivity contribution is 5.84. The minimum Gasteiger partial charge on any atom is -0.480 e. The Balaban J connectivity index is 4.64. The maximum absolute atomic E-state index is 12.1. The lowest BCUT2D eigenvalue weighted by atomic mass is 10.1. The zero-order valence-electron chi connectivity index (χ0n) is 12.4. The molecule has 1 amide bonds. The summed E-state index contributed by atoms with van der Waals surface area (Å²) in [6.45, 7) is 5.63. The maximum Gasteiger partial charge on any atom is 0.321 e. The van der Waals surface area contributed by atoms with Gasteiger partial charge >= 0.3 is 5.97 Å². The number of aliphatic hydroxyl groups excluding tert-OH is 2. The molecule has 0 aliphatic rings. The van der Waals surface area contributed by atoms with Gasteiger partial charge in [-0.1, -0.05) is 6.92 Å². The molecule has 118 valence electrons. The number of rotatable bonds is 10. The van der Waals surface area contributed by atoms with Crippen LogP contribution in [0.1, 0.15) is 33.6 Å². The zero-order valence-corrected chi connectivity index (χ0v) is 12.4. The smallest absolute Gasteiger partial charge is 0.321 e. The molecule has 0 fully saturated rings. The molecule has 20 heavy (non-hydrogen) atoms. The van der Waals surface area contributed by atoms with E-state index in [1.807, 2.05) is 6.92 Å². The van der Waals surface area contributed by atoms with Gasteiger partial charge in [0.05, 0.1) is 18.6 Å². The minimum absolute atomic E-state index is 0.0733. The van der Waals surface area contributed by atoms with Crippen molar-refractivity contribution >= 4 is 11.9 Å². The molecular formula is C13H26N2O5. The van der Waals surface area contributed by atoms with Crippen LogP contribution >= 0.6 is 0 Å². The van der Waals surface area contributed by atoms with Crippen molar-refractivity contribution in [3.8, 4) is 0 Å². The van der Waals surface area contributed by atoms with Gasteiger partial charge in [0.1, 0.15) is 6.04 Å². The number of carboxylic acid groups (broad SMARTS) is 1. The summed E-state index contributed by atoms with van der Waals surface area (Å²) >= 11 is 0. The number of nitrogens with zero attached hydrogens (tertiary/aromatic N) is 1. The third-order valence-corrected chi connectivity index (χ3v) is 2.64. The predicted molar refractivity (Wildman–Crippen MR) is 74.3 cm³/mol. The van der Waals surface area contributed by atoms with Crippen LogP contribution in [-0.4, -0.2) is 70.0 Å². The molecule has 0 aromatic carbocycles. The maximum atomic E-state index is 12.1. The van der Waals surface area contributed by atoms with Crippen molar-refractivity contribution in [3.63, 3.8) is 0 Å². The van der Waals surface area contributed by atoms with Gasteiger partial charge in [0.25, 0.3) is 0 Å². The van der Waals surface area contributed by atoms with Crippen molar-refractivity contribution in [1.29, 1.82) is 0 Å². The highest BCUT2D eigenvalue weighted by Crippen LogP contribution is 2.03. The lowest BCUT2D eigenvalue weighted by molar-refractivity contribution is -0.144. The first kappa shape index (κ1) is 18.8. The van der Waals surface area contributed by atoms with Crippen LogP contribution in [0.15, 0.2) is 0 Å². The van der Waals surface area contributed by atoms with E-state index in [1.165, 1.54) is 18.7 Å². The summed E-state index contributed by atoms with van der Waals surface area (Å²) in [6, 6.07) is -0.951. The number of aliphatic carboxylic acids is 1. The number of carbonyl (C=O) groups excluding carboxylic acids is 1. The SMILES string of the molecule is CCCNC(CC(=O)N(CC(C)O)CC(C)O)C(=O)O. The lowest BCUT2D eigenvalue weighted by Gasteiger charge is -2.26. The van der Waals surface area contributed by atoms with Crippen LogP contribution in [0.3, 0.4) is 0 Å². The normalized spacial score (nSPS) is 15.4. The molecule has 0 aliphatic carbocycles. The first-order valence-corrected chi connectivity index (χ1v) is 6.88. The fourth-order valence-electron chi connectivity index (χ4n) is 1.79. The van der Waals surface area contributed by atoms with E-state index in [0.717, 1.165) is 6.42 Å². The molecule has 0 spiro atoms. The van der Waals surface area contributed by atoms with E-state index in [-0.39, 0.29) is 19.5 Å². The first-order valence-electron chi connectivity index (χ1n) is 6.88. The second-order valence-corrected chi connectivity index (χ2v) is 5.05. The van der Waals surface area contributed by atoms with Gasteiger partial charge in [0.2, 0.25) is 5.91 Å². The van der Waals surface area contributed by atoms with Crippen LogP contribution in [0, 0.1) is 0 Å². The quantitative estimate of drug-likeness (QED) is 0.428. The zero-order chi connectivity index (χ0) is 15.7. The molecule has 0 aromatic rings. The number of amides is 1. The van der Waals surface area contributed by atoms with Crippen molar-refractivity contribution in [2.75, 3.05) is 19.6 Å². The van der Waals surface area contributed by atoms with Gasteiger partial charge in [-0.3, -0.25) is 9.59 Å². The van der Waals surface area contributed by atoms with E-state index in [4.69, 9.17) is 5.11 Å². The molecule has 0 rings (SSSR count). The van der Waals surface area contributed by atoms with Crippen LogP contribution in [-0.2, 0) is 9.59 Å². The van der Waals surface area contributed by atoms with Gasteiger partial charge in [-0.25, -0.2) is 0 Å². The molecule has 0 bridgehead atoms. The highest BCUT2D eigenvalue weighted by atomic mass is 16.4. The number of nitrogens with one attached hydrogen (secondary N) is 1. The second kappa shape index (κ2) is 9.68. The van der Waals surface area contributed by atoms with E-state index < -0.39 is 30.1 Å². The molecule has 3 unspecified atom stereocenters. The molecule has 3 atom stereocenters. The largest absolute Gasteiger partial charge is 0.480 e. The summed E-state index contributed by atoms with van der Waals surface area (Å²) < 4.78 is 0. The molecule has 7 heteroatoms. The number of hydrogen-bond acceptors (Lipinski definition) is 5. The highest BCUT2D eigenvalue weighted by Gasteiger charge is 2.25. The van der Waals surface area contributed by atoms with Crippen molar-refractivity contribution in [2.24, 2.45) is 0 Å². The molecule has 0 aromatic heterocycles. The third kappa shape index (κ3) is 8.08. The Morgan fingerprint density at radius 3 is 2.00 bits per heavy atom. The predicted octanol–water partition coefficient (Wildman–Crippen LogP) is -0.580.